The maximum absolute atomic E-state index is 13.3. The summed E-state index contributed by atoms with van der Waals surface area (Å²) in [7, 11) is 0. The van der Waals surface area contributed by atoms with Crippen LogP contribution in [0.2, 0.25) is 0 Å². The number of hydrogen-bond donors (Lipinski definition) is 1. The fraction of sp³-hybridized carbons (Fsp3) is 0.571. The van der Waals surface area contributed by atoms with Crippen molar-refractivity contribution < 1.29 is 17.6 Å². The Kier molecular flexibility index (Phi) is 4.62. The van der Waals surface area contributed by atoms with Crippen LogP contribution in [0.4, 0.5) is 23.2 Å². The van der Waals surface area contributed by atoms with Crippen molar-refractivity contribution in [1.82, 2.24) is 0 Å². The van der Waals surface area contributed by atoms with Crippen molar-refractivity contribution in [3.63, 3.8) is 0 Å². The molecular formula is C14H16BrF4N. The highest BCUT2D eigenvalue weighted by Gasteiger charge is 2.45. The second kappa shape index (κ2) is 5.92. The molecule has 2 rings (SSSR count). The quantitative estimate of drug-likeness (QED) is 0.699. The van der Waals surface area contributed by atoms with Gasteiger partial charge in [0.2, 0.25) is 0 Å². The average Bonchev–Trinajstić information content (AvgIpc) is 2.35. The van der Waals surface area contributed by atoms with E-state index in [1.807, 2.05) is 0 Å². The minimum Gasteiger partial charge on any atom is -0.381 e. The predicted molar refractivity (Wildman–Crippen MR) is 74.3 cm³/mol. The van der Waals surface area contributed by atoms with Gasteiger partial charge in [-0.05, 0) is 53.4 Å². The Morgan fingerprint density at radius 3 is 2.50 bits per heavy atom. The molecule has 0 radical (unpaired) electrons. The SMILES string of the molecule is Cc1cc(F)c(Br)cc1NC1CCCCC1C(F)(F)F. The molecule has 1 nitrogen and oxygen atoms in total. The molecule has 20 heavy (non-hydrogen) atoms. The van der Waals surface area contributed by atoms with Crippen LogP contribution in [0.15, 0.2) is 16.6 Å². The number of alkyl halides is 3. The van der Waals surface area contributed by atoms with Crippen molar-refractivity contribution in [3.8, 4) is 0 Å². The van der Waals surface area contributed by atoms with Gasteiger partial charge in [-0.1, -0.05) is 12.8 Å². The van der Waals surface area contributed by atoms with E-state index in [0.29, 0.717) is 24.1 Å². The molecule has 1 aliphatic carbocycles. The Morgan fingerprint density at radius 1 is 1.20 bits per heavy atom. The normalized spacial score (nSPS) is 23.7. The molecule has 0 heterocycles. The molecule has 1 aromatic rings. The van der Waals surface area contributed by atoms with E-state index in [4.69, 9.17) is 0 Å². The maximum atomic E-state index is 13.3. The van der Waals surface area contributed by atoms with Crippen LogP contribution in [-0.4, -0.2) is 12.2 Å². The van der Waals surface area contributed by atoms with Crippen molar-refractivity contribution in [2.75, 3.05) is 5.32 Å². The zero-order chi connectivity index (χ0) is 14.9. The molecule has 6 heteroatoms. The van der Waals surface area contributed by atoms with E-state index in [-0.39, 0.29) is 10.9 Å². The molecule has 2 unspecified atom stereocenters. The van der Waals surface area contributed by atoms with E-state index >= 15 is 0 Å². The molecule has 1 aliphatic rings. The number of aryl methyl sites for hydroxylation is 1. The van der Waals surface area contributed by atoms with Crippen LogP contribution in [0.25, 0.3) is 0 Å². The van der Waals surface area contributed by atoms with Crippen LogP contribution in [0.3, 0.4) is 0 Å². The molecule has 1 aromatic carbocycles. The number of halogens is 5. The molecule has 0 aromatic heterocycles. The van der Waals surface area contributed by atoms with Gasteiger partial charge in [0.25, 0.3) is 0 Å². The average molecular weight is 354 g/mol. The van der Waals surface area contributed by atoms with Crippen LogP contribution in [0.1, 0.15) is 31.2 Å². The molecule has 2 atom stereocenters. The first-order chi connectivity index (χ1) is 9.29. The number of nitrogens with one attached hydrogen (secondary N) is 1. The van der Waals surface area contributed by atoms with Gasteiger partial charge >= 0.3 is 6.18 Å². The Balaban J connectivity index is 2.21. The summed E-state index contributed by atoms with van der Waals surface area (Å²) in [6.07, 6.45) is -2.16. The summed E-state index contributed by atoms with van der Waals surface area (Å²) in [5, 5.41) is 2.96. The van der Waals surface area contributed by atoms with E-state index in [1.54, 1.807) is 6.92 Å². The summed E-state index contributed by atoms with van der Waals surface area (Å²) in [5.74, 6) is -1.75. The van der Waals surface area contributed by atoms with E-state index in [1.165, 1.54) is 12.1 Å². The fourth-order valence-corrected chi connectivity index (χ4v) is 3.04. The van der Waals surface area contributed by atoms with Crippen LogP contribution in [0.5, 0.6) is 0 Å². The molecule has 1 saturated carbocycles. The number of rotatable bonds is 2. The van der Waals surface area contributed by atoms with Crippen LogP contribution < -0.4 is 5.32 Å². The maximum Gasteiger partial charge on any atom is 0.393 e. The zero-order valence-electron chi connectivity index (χ0n) is 11.0. The van der Waals surface area contributed by atoms with Crippen molar-refractivity contribution in [1.29, 1.82) is 0 Å². The minimum absolute atomic E-state index is 0.155. The first-order valence-electron chi connectivity index (χ1n) is 6.58. The summed E-state index contributed by atoms with van der Waals surface area (Å²) >= 11 is 3.06. The molecule has 0 aliphatic heterocycles. The Bertz CT molecular complexity index is 487. The van der Waals surface area contributed by atoms with Gasteiger partial charge in [0.1, 0.15) is 5.82 Å². The lowest BCUT2D eigenvalue weighted by Crippen LogP contribution is -2.41. The lowest BCUT2D eigenvalue weighted by atomic mass is 9.83. The largest absolute Gasteiger partial charge is 0.393 e. The monoisotopic (exact) mass is 353 g/mol. The minimum atomic E-state index is -4.19. The van der Waals surface area contributed by atoms with Crippen molar-refractivity contribution in [2.45, 2.75) is 44.8 Å². The molecule has 0 saturated heterocycles. The third-order valence-corrected chi connectivity index (χ3v) is 4.40. The Morgan fingerprint density at radius 2 is 1.85 bits per heavy atom. The molecule has 112 valence electrons. The summed E-state index contributed by atoms with van der Waals surface area (Å²) < 4.78 is 52.7. The second-order valence-corrected chi connectivity index (χ2v) is 6.12. The smallest absolute Gasteiger partial charge is 0.381 e. The van der Waals surface area contributed by atoms with Crippen molar-refractivity contribution in [3.05, 3.63) is 28.0 Å². The van der Waals surface area contributed by atoms with Gasteiger partial charge < -0.3 is 5.32 Å². The summed E-state index contributed by atoms with van der Waals surface area (Å²) in [6, 6.07) is 2.18. The van der Waals surface area contributed by atoms with E-state index in [2.05, 4.69) is 21.2 Å². The van der Waals surface area contributed by atoms with Crippen LogP contribution >= 0.6 is 15.9 Å². The van der Waals surface area contributed by atoms with Crippen LogP contribution in [-0.2, 0) is 0 Å². The fourth-order valence-electron chi connectivity index (χ4n) is 2.70. The van der Waals surface area contributed by atoms with Gasteiger partial charge in [0.15, 0.2) is 0 Å². The van der Waals surface area contributed by atoms with Gasteiger partial charge in [-0.2, -0.15) is 13.2 Å². The van der Waals surface area contributed by atoms with Crippen molar-refractivity contribution in [2.24, 2.45) is 5.92 Å². The van der Waals surface area contributed by atoms with Crippen molar-refractivity contribution >= 4 is 21.6 Å². The third kappa shape index (κ3) is 3.45. The zero-order valence-corrected chi connectivity index (χ0v) is 12.6. The number of benzene rings is 1. The lowest BCUT2D eigenvalue weighted by Gasteiger charge is -2.34. The summed E-state index contributed by atoms with van der Waals surface area (Å²) in [5.41, 5.74) is 1.16. The highest BCUT2D eigenvalue weighted by atomic mass is 79.9. The highest BCUT2D eigenvalue weighted by Crippen LogP contribution is 2.39. The first-order valence-corrected chi connectivity index (χ1v) is 7.37. The molecule has 0 bridgehead atoms. The Hall–Kier alpha value is -0.780. The van der Waals surface area contributed by atoms with Gasteiger partial charge in [0, 0.05) is 11.7 Å². The first kappa shape index (κ1) is 15.6. The van der Waals surface area contributed by atoms with Gasteiger partial charge in [-0.3, -0.25) is 0 Å². The van der Waals surface area contributed by atoms with Gasteiger partial charge in [0.05, 0.1) is 10.4 Å². The molecule has 1 fully saturated rings. The van der Waals surface area contributed by atoms with E-state index in [0.717, 1.165) is 6.42 Å². The van der Waals surface area contributed by atoms with Gasteiger partial charge in [-0.15, -0.1) is 0 Å². The van der Waals surface area contributed by atoms with E-state index in [9.17, 15) is 17.6 Å². The summed E-state index contributed by atoms with van der Waals surface area (Å²) in [4.78, 5) is 0. The summed E-state index contributed by atoms with van der Waals surface area (Å²) in [6.45, 7) is 1.68. The number of anilines is 1. The van der Waals surface area contributed by atoms with Crippen LogP contribution in [0, 0.1) is 18.7 Å². The predicted octanol–water partition coefficient (Wildman–Crippen LogP) is 5.43. The number of hydrogen-bond acceptors (Lipinski definition) is 1. The third-order valence-electron chi connectivity index (χ3n) is 3.79. The lowest BCUT2D eigenvalue weighted by molar-refractivity contribution is -0.184. The van der Waals surface area contributed by atoms with Gasteiger partial charge in [-0.25, -0.2) is 4.39 Å². The molecule has 1 N–H and O–H groups in total. The molecule has 0 amide bonds. The Labute approximate surface area is 123 Å². The highest BCUT2D eigenvalue weighted by molar-refractivity contribution is 9.10. The second-order valence-electron chi connectivity index (χ2n) is 5.26. The van der Waals surface area contributed by atoms with E-state index < -0.39 is 24.0 Å². The molecule has 0 spiro atoms. The molecular weight excluding hydrogens is 338 g/mol. The standard InChI is InChI=1S/C14H16BrF4N/c1-8-6-11(16)10(15)7-13(8)20-12-5-3-2-4-9(12)14(17,18)19/h6-7,9,12,20H,2-5H2,1H3. The topological polar surface area (TPSA) is 12.0 Å².